The third-order valence-corrected chi connectivity index (χ3v) is 5.25. The van der Waals surface area contributed by atoms with Crippen molar-refractivity contribution in [2.45, 2.75) is 32.2 Å². The predicted octanol–water partition coefficient (Wildman–Crippen LogP) is 3.42. The van der Waals surface area contributed by atoms with Gasteiger partial charge in [-0.1, -0.05) is 36.4 Å². The Bertz CT molecular complexity index is 1010. The maximum absolute atomic E-state index is 12.8. The van der Waals surface area contributed by atoms with Gasteiger partial charge in [0.25, 0.3) is 0 Å². The van der Waals surface area contributed by atoms with E-state index in [2.05, 4.69) is 10.4 Å². The number of carbonyl (C=O) groups is 2. The van der Waals surface area contributed by atoms with Crippen LogP contribution in [0.3, 0.4) is 0 Å². The third-order valence-electron chi connectivity index (χ3n) is 5.25. The summed E-state index contributed by atoms with van der Waals surface area (Å²) < 4.78 is 1.78. The van der Waals surface area contributed by atoms with E-state index < -0.39 is 0 Å². The molecule has 0 saturated carbocycles. The summed E-state index contributed by atoms with van der Waals surface area (Å²) in [5, 5.41) is 7.34. The average Bonchev–Trinajstić information content (AvgIpc) is 3.22. The normalized spacial score (nSPS) is 14.8. The number of amides is 2. The van der Waals surface area contributed by atoms with Crippen LogP contribution in [-0.4, -0.2) is 28.1 Å². The Kier molecular flexibility index (Phi) is 5.42. The molecule has 3 aromatic rings. The summed E-state index contributed by atoms with van der Waals surface area (Å²) in [5.74, 6) is -0.187. The third kappa shape index (κ3) is 4.06. The van der Waals surface area contributed by atoms with E-state index in [1.54, 1.807) is 15.8 Å². The van der Waals surface area contributed by atoms with Crippen molar-refractivity contribution in [3.63, 3.8) is 0 Å². The van der Waals surface area contributed by atoms with Gasteiger partial charge in [-0.15, -0.1) is 0 Å². The highest BCUT2D eigenvalue weighted by atomic mass is 16.2. The molecule has 6 nitrogen and oxygen atoms in total. The molecule has 1 aliphatic rings. The maximum Gasteiger partial charge on any atom is 0.240 e. The smallest absolute Gasteiger partial charge is 0.240 e. The number of nitrogens with one attached hydrogen (secondary N) is 1. The first kappa shape index (κ1) is 18.9. The lowest BCUT2D eigenvalue weighted by Crippen LogP contribution is -2.41. The molecule has 0 aliphatic carbocycles. The monoisotopic (exact) mass is 388 g/mol. The highest BCUT2D eigenvalue weighted by molar-refractivity contribution is 5.99. The molecule has 6 heteroatoms. The van der Waals surface area contributed by atoms with Crippen LogP contribution in [-0.2, 0) is 16.0 Å². The van der Waals surface area contributed by atoms with E-state index in [0.717, 1.165) is 35.3 Å². The largest absolute Gasteiger partial charge is 0.348 e. The Morgan fingerprint density at radius 2 is 1.83 bits per heavy atom. The molecule has 1 aromatic heterocycles. The molecule has 0 fully saturated rings. The summed E-state index contributed by atoms with van der Waals surface area (Å²) in [5.41, 5.74) is 3.84. The van der Waals surface area contributed by atoms with E-state index in [1.165, 1.54) is 0 Å². The predicted molar refractivity (Wildman–Crippen MR) is 112 cm³/mol. The number of hydrogen-bond donors (Lipinski definition) is 1. The summed E-state index contributed by atoms with van der Waals surface area (Å²) >= 11 is 0. The van der Waals surface area contributed by atoms with Crippen molar-refractivity contribution >= 4 is 17.5 Å². The van der Waals surface area contributed by atoms with Crippen molar-refractivity contribution in [3.8, 4) is 5.69 Å². The minimum absolute atomic E-state index is 0.00491. The number of aryl methyl sites for hydroxylation is 1. The van der Waals surface area contributed by atoms with Crippen LogP contribution in [0, 0.1) is 0 Å². The first-order valence-electron chi connectivity index (χ1n) is 9.90. The SMILES string of the molecule is C[C@H](NC(=O)CN1C(=O)CCCc2ccccc21)c1ccccc1-n1cccn1. The Morgan fingerprint density at radius 1 is 1.07 bits per heavy atom. The van der Waals surface area contributed by atoms with E-state index in [0.29, 0.717) is 6.42 Å². The van der Waals surface area contributed by atoms with Crippen LogP contribution in [0.2, 0.25) is 0 Å². The number of anilines is 1. The molecular formula is C23H24N4O2. The lowest BCUT2D eigenvalue weighted by atomic mass is 10.1. The maximum atomic E-state index is 12.8. The zero-order valence-corrected chi connectivity index (χ0v) is 16.4. The summed E-state index contributed by atoms with van der Waals surface area (Å²) in [4.78, 5) is 27.1. The second kappa shape index (κ2) is 8.31. The summed E-state index contributed by atoms with van der Waals surface area (Å²) in [6.45, 7) is 1.96. The summed E-state index contributed by atoms with van der Waals surface area (Å²) in [6.07, 6.45) is 5.72. The molecule has 29 heavy (non-hydrogen) atoms. The van der Waals surface area contributed by atoms with E-state index in [-0.39, 0.29) is 24.4 Å². The molecule has 1 N–H and O–H groups in total. The molecule has 0 spiro atoms. The van der Waals surface area contributed by atoms with E-state index >= 15 is 0 Å². The number of rotatable bonds is 5. The molecule has 0 bridgehead atoms. The Labute approximate surface area is 170 Å². The van der Waals surface area contributed by atoms with Gasteiger partial charge in [0.05, 0.1) is 11.7 Å². The minimum atomic E-state index is -0.222. The van der Waals surface area contributed by atoms with Gasteiger partial charge in [0.2, 0.25) is 11.8 Å². The molecule has 2 amide bonds. The second-order valence-electron chi connectivity index (χ2n) is 7.26. The van der Waals surface area contributed by atoms with Crippen LogP contribution in [0.4, 0.5) is 5.69 Å². The molecule has 1 atom stereocenters. The van der Waals surface area contributed by atoms with Crippen molar-refractivity contribution < 1.29 is 9.59 Å². The quantitative estimate of drug-likeness (QED) is 0.728. The van der Waals surface area contributed by atoms with Crippen molar-refractivity contribution in [1.29, 1.82) is 0 Å². The van der Waals surface area contributed by atoms with Gasteiger partial charge in [-0.2, -0.15) is 5.10 Å². The van der Waals surface area contributed by atoms with Crippen molar-refractivity contribution in [2.75, 3.05) is 11.4 Å². The zero-order valence-electron chi connectivity index (χ0n) is 16.4. The number of nitrogens with zero attached hydrogens (tertiary/aromatic N) is 3. The first-order chi connectivity index (χ1) is 14.1. The van der Waals surface area contributed by atoms with Crippen molar-refractivity contribution in [3.05, 3.63) is 78.1 Å². The lowest BCUT2D eigenvalue weighted by Gasteiger charge is -2.24. The number of para-hydroxylation sites is 2. The zero-order chi connectivity index (χ0) is 20.2. The molecule has 0 unspecified atom stereocenters. The van der Waals surface area contributed by atoms with Crippen LogP contribution in [0.25, 0.3) is 5.69 Å². The van der Waals surface area contributed by atoms with E-state index in [4.69, 9.17) is 0 Å². The Morgan fingerprint density at radius 3 is 2.62 bits per heavy atom. The van der Waals surface area contributed by atoms with Crippen molar-refractivity contribution in [2.24, 2.45) is 0 Å². The van der Waals surface area contributed by atoms with Gasteiger partial charge in [0.1, 0.15) is 6.54 Å². The first-order valence-corrected chi connectivity index (χ1v) is 9.90. The van der Waals surface area contributed by atoms with Gasteiger partial charge >= 0.3 is 0 Å². The summed E-state index contributed by atoms with van der Waals surface area (Å²) in [6, 6.07) is 17.3. The minimum Gasteiger partial charge on any atom is -0.348 e. The number of hydrogen-bond acceptors (Lipinski definition) is 3. The number of fused-ring (bicyclic) bond motifs is 1. The molecule has 0 saturated heterocycles. The van der Waals surface area contributed by atoms with Gasteiger partial charge < -0.3 is 10.2 Å². The average molecular weight is 388 g/mol. The van der Waals surface area contributed by atoms with Crippen molar-refractivity contribution in [1.82, 2.24) is 15.1 Å². The number of carbonyl (C=O) groups excluding carboxylic acids is 2. The van der Waals surface area contributed by atoms with Crippen LogP contribution in [0.15, 0.2) is 67.0 Å². The molecule has 4 rings (SSSR count). The van der Waals surface area contributed by atoms with Gasteiger partial charge in [0, 0.05) is 24.5 Å². The Balaban J connectivity index is 1.51. The van der Waals surface area contributed by atoms with E-state index in [1.807, 2.05) is 67.7 Å². The number of benzene rings is 2. The van der Waals surface area contributed by atoms with Crippen LogP contribution < -0.4 is 10.2 Å². The highest BCUT2D eigenvalue weighted by Gasteiger charge is 2.25. The van der Waals surface area contributed by atoms with Gasteiger partial charge in [-0.25, -0.2) is 4.68 Å². The second-order valence-corrected chi connectivity index (χ2v) is 7.26. The topological polar surface area (TPSA) is 67.2 Å². The lowest BCUT2D eigenvalue weighted by molar-refractivity contribution is -0.124. The highest BCUT2D eigenvalue weighted by Crippen LogP contribution is 2.27. The molecule has 2 aromatic carbocycles. The fraction of sp³-hybridized carbons (Fsp3) is 0.261. The Hall–Kier alpha value is -3.41. The van der Waals surface area contributed by atoms with Crippen LogP contribution in [0.1, 0.15) is 36.9 Å². The molecule has 2 heterocycles. The van der Waals surface area contributed by atoms with Gasteiger partial charge in [0.15, 0.2) is 0 Å². The number of aromatic nitrogens is 2. The fourth-order valence-electron chi connectivity index (χ4n) is 3.84. The summed E-state index contributed by atoms with van der Waals surface area (Å²) in [7, 11) is 0. The molecule has 0 radical (unpaired) electrons. The standard InChI is InChI=1S/C23H24N4O2/c1-17(19-10-3-5-12-21(19)27-15-7-14-24-27)25-22(28)16-26-20-11-4-2-8-18(20)9-6-13-23(26)29/h2-5,7-8,10-12,14-15,17H,6,9,13,16H2,1H3,(H,25,28)/t17-/m0/s1. The molecule has 148 valence electrons. The fourth-order valence-corrected chi connectivity index (χ4v) is 3.84. The molecule has 1 aliphatic heterocycles. The van der Waals surface area contributed by atoms with Crippen LogP contribution in [0.5, 0.6) is 0 Å². The van der Waals surface area contributed by atoms with Crippen LogP contribution >= 0.6 is 0 Å². The molecular weight excluding hydrogens is 364 g/mol. The van der Waals surface area contributed by atoms with E-state index in [9.17, 15) is 9.59 Å². The van der Waals surface area contributed by atoms with Gasteiger partial charge in [-0.05, 0) is 49.1 Å². The van der Waals surface area contributed by atoms with Gasteiger partial charge in [-0.3, -0.25) is 9.59 Å².